The van der Waals surface area contributed by atoms with Crippen LogP contribution in [0.3, 0.4) is 0 Å². The van der Waals surface area contributed by atoms with Crippen molar-refractivity contribution in [2.75, 3.05) is 0 Å². The molecule has 1 aromatic rings. The van der Waals surface area contributed by atoms with Crippen molar-refractivity contribution in [1.29, 1.82) is 0 Å². The molecule has 5 heteroatoms. The predicted octanol–water partition coefficient (Wildman–Crippen LogP) is 1.34. The molecular weight excluding hydrogens is 192 g/mol. The van der Waals surface area contributed by atoms with Crippen molar-refractivity contribution < 1.29 is 9.90 Å². The average Bonchev–Trinajstić information content (AvgIpc) is 2.49. The van der Waals surface area contributed by atoms with Crippen molar-refractivity contribution in [3.8, 4) is 0 Å². The number of aromatic amines is 1. The van der Waals surface area contributed by atoms with Gasteiger partial charge in [-0.2, -0.15) is 5.10 Å². The fourth-order valence-electron chi connectivity index (χ4n) is 1.71. The lowest BCUT2D eigenvalue weighted by Gasteiger charge is -2.17. The summed E-state index contributed by atoms with van der Waals surface area (Å²) in [5.74, 6) is -1.11. The molecule has 1 aromatic heterocycles. The molecule has 0 fully saturated rings. The van der Waals surface area contributed by atoms with Gasteiger partial charge in [0, 0.05) is 0 Å². The van der Waals surface area contributed by atoms with Crippen molar-refractivity contribution in [3.63, 3.8) is 0 Å². The smallest absolute Gasteiger partial charge is 0.312 e. The second kappa shape index (κ2) is 3.79. The van der Waals surface area contributed by atoms with Gasteiger partial charge in [-0.15, -0.1) is 12.4 Å². The van der Waals surface area contributed by atoms with Gasteiger partial charge in [0.05, 0.1) is 17.8 Å². The van der Waals surface area contributed by atoms with Crippen LogP contribution in [0.15, 0.2) is 6.20 Å². The minimum atomic E-state index is -0.750. The summed E-state index contributed by atoms with van der Waals surface area (Å²) >= 11 is 0. The Morgan fingerprint density at radius 2 is 2.46 bits per heavy atom. The zero-order valence-corrected chi connectivity index (χ0v) is 7.80. The molecule has 0 aliphatic heterocycles. The van der Waals surface area contributed by atoms with E-state index in [0.29, 0.717) is 0 Å². The fraction of sp³-hybridized carbons (Fsp3) is 0.500. The van der Waals surface area contributed by atoms with Crippen LogP contribution in [-0.4, -0.2) is 21.3 Å². The number of hydrogen-bond acceptors (Lipinski definition) is 2. The molecule has 0 radical (unpaired) electrons. The number of aliphatic carboxylic acids is 1. The molecule has 2 rings (SSSR count). The van der Waals surface area contributed by atoms with Crippen LogP contribution in [0.2, 0.25) is 0 Å². The first-order valence-corrected chi connectivity index (χ1v) is 4.04. The van der Waals surface area contributed by atoms with Gasteiger partial charge in [-0.3, -0.25) is 9.89 Å². The van der Waals surface area contributed by atoms with E-state index in [-0.39, 0.29) is 18.3 Å². The summed E-state index contributed by atoms with van der Waals surface area (Å²) in [4.78, 5) is 10.8. The van der Waals surface area contributed by atoms with E-state index < -0.39 is 5.97 Å². The molecule has 1 aliphatic rings. The monoisotopic (exact) mass is 202 g/mol. The highest BCUT2D eigenvalue weighted by atomic mass is 35.5. The van der Waals surface area contributed by atoms with E-state index in [2.05, 4.69) is 10.2 Å². The van der Waals surface area contributed by atoms with Crippen LogP contribution in [0, 0.1) is 0 Å². The van der Waals surface area contributed by atoms with Crippen molar-refractivity contribution in [1.82, 2.24) is 10.2 Å². The van der Waals surface area contributed by atoms with Gasteiger partial charge in [-0.1, -0.05) is 0 Å². The van der Waals surface area contributed by atoms with Crippen molar-refractivity contribution in [3.05, 3.63) is 17.5 Å². The number of halogens is 1. The largest absolute Gasteiger partial charge is 0.481 e. The Morgan fingerprint density at radius 1 is 1.69 bits per heavy atom. The van der Waals surface area contributed by atoms with Gasteiger partial charge in [0.1, 0.15) is 0 Å². The third-order valence-electron chi connectivity index (χ3n) is 2.34. The highest BCUT2D eigenvalue weighted by Gasteiger charge is 2.27. The molecule has 1 heterocycles. The van der Waals surface area contributed by atoms with E-state index in [0.717, 1.165) is 30.5 Å². The first kappa shape index (κ1) is 10.1. The number of nitrogens with one attached hydrogen (secondary N) is 1. The normalized spacial score (nSPS) is 20.2. The van der Waals surface area contributed by atoms with E-state index in [9.17, 15) is 4.79 Å². The number of carboxylic acids is 1. The van der Waals surface area contributed by atoms with E-state index >= 15 is 0 Å². The topological polar surface area (TPSA) is 66.0 Å². The molecule has 2 N–H and O–H groups in total. The Bertz CT molecular complexity index is 311. The predicted molar refractivity (Wildman–Crippen MR) is 49.2 cm³/mol. The molecule has 0 bridgehead atoms. The van der Waals surface area contributed by atoms with Crippen molar-refractivity contribution >= 4 is 18.4 Å². The zero-order valence-electron chi connectivity index (χ0n) is 6.99. The summed E-state index contributed by atoms with van der Waals surface area (Å²) in [6.07, 6.45) is 4.36. The summed E-state index contributed by atoms with van der Waals surface area (Å²) in [6.45, 7) is 0. The summed E-state index contributed by atoms with van der Waals surface area (Å²) in [6, 6.07) is 0. The zero-order chi connectivity index (χ0) is 8.55. The van der Waals surface area contributed by atoms with Crippen LogP contribution in [0.5, 0.6) is 0 Å². The third kappa shape index (κ3) is 1.67. The fourth-order valence-corrected chi connectivity index (χ4v) is 1.71. The molecule has 0 spiro atoms. The van der Waals surface area contributed by atoms with Gasteiger partial charge in [0.25, 0.3) is 0 Å². The average molecular weight is 203 g/mol. The maximum absolute atomic E-state index is 10.8. The number of H-pyrrole nitrogens is 1. The van der Waals surface area contributed by atoms with Crippen LogP contribution in [0.4, 0.5) is 0 Å². The van der Waals surface area contributed by atoms with Gasteiger partial charge < -0.3 is 5.11 Å². The van der Waals surface area contributed by atoms with Crippen LogP contribution < -0.4 is 0 Å². The minimum Gasteiger partial charge on any atom is -0.481 e. The van der Waals surface area contributed by atoms with E-state index in [1.54, 1.807) is 6.20 Å². The van der Waals surface area contributed by atoms with Gasteiger partial charge in [-0.05, 0) is 24.8 Å². The lowest BCUT2D eigenvalue weighted by atomic mass is 9.88. The van der Waals surface area contributed by atoms with Gasteiger partial charge in [-0.25, -0.2) is 0 Å². The molecule has 4 nitrogen and oxygen atoms in total. The molecular formula is C8H11ClN2O2. The van der Waals surface area contributed by atoms with Gasteiger partial charge >= 0.3 is 5.97 Å². The quantitative estimate of drug-likeness (QED) is 0.722. The molecule has 72 valence electrons. The number of hydrogen-bond donors (Lipinski definition) is 2. The second-order valence-electron chi connectivity index (χ2n) is 3.09. The van der Waals surface area contributed by atoms with E-state index in [4.69, 9.17) is 5.11 Å². The minimum absolute atomic E-state index is 0. The summed E-state index contributed by atoms with van der Waals surface area (Å²) < 4.78 is 0. The molecule has 0 amide bonds. The first-order chi connectivity index (χ1) is 5.79. The number of aromatic nitrogens is 2. The Balaban J connectivity index is 0.000000845. The SMILES string of the molecule is Cl.O=C(O)C1CCCc2cn[nH]c21. The van der Waals surface area contributed by atoms with Crippen LogP contribution in [0.25, 0.3) is 0 Å². The Labute approximate surface area is 81.8 Å². The Kier molecular flexibility index (Phi) is 2.93. The maximum Gasteiger partial charge on any atom is 0.312 e. The van der Waals surface area contributed by atoms with Crippen molar-refractivity contribution in [2.45, 2.75) is 25.2 Å². The lowest BCUT2D eigenvalue weighted by molar-refractivity contribution is -0.139. The van der Waals surface area contributed by atoms with Crippen LogP contribution in [0.1, 0.15) is 30.0 Å². The molecule has 1 unspecified atom stereocenters. The van der Waals surface area contributed by atoms with Gasteiger partial charge in [0.2, 0.25) is 0 Å². The first-order valence-electron chi connectivity index (χ1n) is 4.04. The number of carbonyl (C=O) groups is 1. The highest BCUT2D eigenvalue weighted by molar-refractivity contribution is 5.85. The number of carboxylic acid groups (broad SMARTS) is 1. The van der Waals surface area contributed by atoms with E-state index in [1.165, 1.54) is 0 Å². The summed E-state index contributed by atoms with van der Waals surface area (Å²) in [7, 11) is 0. The van der Waals surface area contributed by atoms with Crippen LogP contribution in [-0.2, 0) is 11.2 Å². The highest BCUT2D eigenvalue weighted by Crippen LogP contribution is 2.29. The standard InChI is InChI=1S/C8H10N2O2.ClH/c11-8(12)6-3-1-2-5-4-9-10-7(5)6;/h4,6H,1-3H2,(H,9,10)(H,11,12);1H. The molecule has 13 heavy (non-hydrogen) atoms. The van der Waals surface area contributed by atoms with Crippen molar-refractivity contribution in [2.24, 2.45) is 0 Å². The Hall–Kier alpha value is -1.03. The lowest BCUT2D eigenvalue weighted by Crippen LogP contribution is -2.17. The molecule has 0 saturated heterocycles. The molecule has 1 aliphatic carbocycles. The number of aryl methyl sites for hydroxylation is 1. The number of nitrogens with zero attached hydrogens (tertiary/aromatic N) is 1. The Morgan fingerprint density at radius 3 is 3.15 bits per heavy atom. The van der Waals surface area contributed by atoms with Crippen LogP contribution >= 0.6 is 12.4 Å². The maximum atomic E-state index is 10.8. The third-order valence-corrected chi connectivity index (χ3v) is 2.34. The molecule has 1 atom stereocenters. The second-order valence-corrected chi connectivity index (χ2v) is 3.09. The number of rotatable bonds is 1. The van der Waals surface area contributed by atoms with Gasteiger partial charge in [0.15, 0.2) is 0 Å². The molecule has 0 aromatic carbocycles. The molecule has 0 saturated carbocycles. The summed E-state index contributed by atoms with van der Waals surface area (Å²) in [5, 5.41) is 15.5. The summed E-state index contributed by atoms with van der Waals surface area (Å²) in [5.41, 5.74) is 1.86. The van der Waals surface area contributed by atoms with E-state index in [1.807, 2.05) is 0 Å². The number of fused-ring (bicyclic) bond motifs is 1.